The Morgan fingerprint density at radius 1 is 1.69 bits per heavy atom. The maximum absolute atomic E-state index is 5.96. The van der Waals surface area contributed by atoms with Gasteiger partial charge in [0.05, 0.1) is 18.3 Å². The number of rotatable bonds is 3. The van der Waals surface area contributed by atoms with E-state index in [9.17, 15) is 0 Å². The molecule has 0 aromatic carbocycles. The maximum Gasteiger partial charge on any atom is 0.222 e. The minimum atomic E-state index is 0.161. The molecule has 2 rings (SSSR count). The summed E-state index contributed by atoms with van der Waals surface area (Å²) in [5, 5.41) is 3.68. The van der Waals surface area contributed by atoms with Gasteiger partial charge in [-0.15, -0.1) is 0 Å². The number of nitrogens with two attached hydrogens (primary N) is 1. The molecular weight excluding hydrogens is 228 g/mol. The molecule has 5 nitrogen and oxygen atoms in total. The average molecular weight is 243 g/mol. The van der Waals surface area contributed by atoms with E-state index in [-0.39, 0.29) is 18.1 Å². The van der Waals surface area contributed by atoms with Crippen LogP contribution in [-0.4, -0.2) is 28.7 Å². The van der Waals surface area contributed by atoms with E-state index < -0.39 is 0 Å². The van der Waals surface area contributed by atoms with E-state index in [1.165, 1.54) is 6.20 Å². The minimum absolute atomic E-state index is 0.161. The Kier molecular flexibility index (Phi) is 3.46. The second-order valence-electron chi connectivity index (χ2n) is 3.91. The molecule has 1 aromatic rings. The second-order valence-corrected chi connectivity index (χ2v) is 4.32. The number of aromatic nitrogens is 2. The number of hydrogen-bond donors (Lipinski definition) is 2. The fraction of sp³-hybridized carbons (Fsp3) is 0.600. The Hall–Kier alpha value is -1.07. The highest BCUT2D eigenvalue weighted by atomic mass is 35.5. The van der Waals surface area contributed by atoms with Gasteiger partial charge in [0.25, 0.3) is 0 Å². The Balaban J connectivity index is 2.04. The summed E-state index contributed by atoms with van der Waals surface area (Å²) < 4.78 is 5.58. The smallest absolute Gasteiger partial charge is 0.222 e. The molecule has 0 aliphatic carbocycles. The highest BCUT2D eigenvalue weighted by molar-refractivity contribution is 6.32. The van der Waals surface area contributed by atoms with Crippen molar-refractivity contribution in [3.05, 3.63) is 11.2 Å². The molecule has 6 heteroatoms. The molecule has 0 radical (unpaired) electrons. The summed E-state index contributed by atoms with van der Waals surface area (Å²) in [5.74, 6) is 0.781. The SMILES string of the molecule is CC(Nc1nc(N)ncc1Cl)C1CCCO1. The van der Waals surface area contributed by atoms with E-state index in [2.05, 4.69) is 15.3 Å². The third-order valence-corrected chi connectivity index (χ3v) is 2.93. The summed E-state index contributed by atoms with van der Waals surface area (Å²) in [7, 11) is 0. The number of nitrogens with one attached hydrogen (secondary N) is 1. The van der Waals surface area contributed by atoms with Crippen LogP contribution in [0.25, 0.3) is 0 Å². The van der Waals surface area contributed by atoms with Crippen molar-refractivity contribution in [2.45, 2.75) is 31.9 Å². The third-order valence-electron chi connectivity index (χ3n) is 2.65. The zero-order chi connectivity index (χ0) is 11.5. The van der Waals surface area contributed by atoms with Crippen LogP contribution in [0.3, 0.4) is 0 Å². The molecule has 1 aliphatic rings. The number of nitrogens with zero attached hydrogens (tertiary/aromatic N) is 2. The van der Waals surface area contributed by atoms with Crippen molar-refractivity contribution in [3.63, 3.8) is 0 Å². The van der Waals surface area contributed by atoms with Gasteiger partial charge in [0.1, 0.15) is 5.02 Å². The first-order valence-corrected chi connectivity index (χ1v) is 5.71. The van der Waals surface area contributed by atoms with Gasteiger partial charge in [-0.3, -0.25) is 0 Å². The predicted octanol–water partition coefficient (Wildman–Crippen LogP) is 1.69. The summed E-state index contributed by atoms with van der Waals surface area (Å²) in [6.07, 6.45) is 3.88. The fourth-order valence-corrected chi connectivity index (χ4v) is 1.93. The second kappa shape index (κ2) is 4.84. The van der Waals surface area contributed by atoms with Gasteiger partial charge >= 0.3 is 0 Å². The minimum Gasteiger partial charge on any atom is -0.376 e. The molecule has 1 saturated heterocycles. The van der Waals surface area contributed by atoms with Crippen LogP contribution in [0.4, 0.5) is 11.8 Å². The van der Waals surface area contributed by atoms with E-state index in [0.717, 1.165) is 19.4 Å². The number of ether oxygens (including phenoxy) is 1. The van der Waals surface area contributed by atoms with Crippen LogP contribution in [-0.2, 0) is 4.74 Å². The number of nitrogen functional groups attached to an aromatic ring is 1. The summed E-state index contributed by atoms with van der Waals surface area (Å²) in [5.41, 5.74) is 5.50. The van der Waals surface area contributed by atoms with Crippen LogP contribution < -0.4 is 11.1 Å². The first kappa shape index (κ1) is 11.4. The van der Waals surface area contributed by atoms with E-state index in [1.54, 1.807) is 0 Å². The molecular formula is C10H15ClN4O. The quantitative estimate of drug-likeness (QED) is 0.844. The summed E-state index contributed by atoms with van der Waals surface area (Å²) in [6, 6.07) is 0.161. The van der Waals surface area contributed by atoms with Crippen molar-refractivity contribution in [2.75, 3.05) is 17.7 Å². The van der Waals surface area contributed by atoms with Crippen LogP contribution in [0.2, 0.25) is 5.02 Å². The predicted molar refractivity (Wildman–Crippen MR) is 63.5 cm³/mol. The molecule has 1 aliphatic heterocycles. The normalized spacial score (nSPS) is 22.0. The van der Waals surface area contributed by atoms with Gasteiger partial charge in [-0.05, 0) is 19.8 Å². The maximum atomic E-state index is 5.96. The Morgan fingerprint density at radius 3 is 3.19 bits per heavy atom. The number of hydrogen-bond acceptors (Lipinski definition) is 5. The van der Waals surface area contributed by atoms with E-state index in [0.29, 0.717) is 10.8 Å². The van der Waals surface area contributed by atoms with Gasteiger partial charge in [-0.25, -0.2) is 4.98 Å². The lowest BCUT2D eigenvalue weighted by Crippen LogP contribution is -2.30. The van der Waals surface area contributed by atoms with Gasteiger partial charge in [0.2, 0.25) is 5.95 Å². The van der Waals surface area contributed by atoms with Crippen LogP contribution >= 0.6 is 11.6 Å². The molecule has 0 spiro atoms. The highest BCUT2D eigenvalue weighted by Gasteiger charge is 2.23. The largest absolute Gasteiger partial charge is 0.376 e. The lowest BCUT2D eigenvalue weighted by atomic mass is 10.1. The van der Waals surface area contributed by atoms with E-state index in [1.807, 2.05) is 6.92 Å². The molecule has 1 aromatic heterocycles. The third kappa shape index (κ3) is 2.54. The van der Waals surface area contributed by atoms with E-state index >= 15 is 0 Å². The van der Waals surface area contributed by atoms with Crippen molar-refractivity contribution in [3.8, 4) is 0 Å². The molecule has 2 unspecified atom stereocenters. The van der Waals surface area contributed by atoms with Crippen LogP contribution in [0.15, 0.2) is 6.20 Å². The molecule has 16 heavy (non-hydrogen) atoms. The van der Waals surface area contributed by atoms with Crippen LogP contribution in [0.1, 0.15) is 19.8 Å². The molecule has 0 amide bonds. The monoisotopic (exact) mass is 242 g/mol. The Labute approximate surface area is 99.4 Å². The lowest BCUT2D eigenvalue weighted by Gasteiger charge is -2.20. The summed E-state index contributed by atoms with van der Waals surface area (Å²) in [6.45, 7) is 2.88. The zero-order valence-corrected chi connectivity index (χ0v) is 9.87. The van der Waals surface area contributed by atoms with Crippen LogP contribution in [0.5, 0.6) is 0 Å². The number of halogens is 1. The topological polar surface area (TPSA) is 73.1 Å². The van der Waals surface area contributed by atoms with Gasteiger partial charge in [-0.2, -0.15) is 4.98 Å². The average Bonchev–Trinajstić information content (AvgIpc) is 2.76. The van der Waals surface area contributed by atoms with Gasteiger partial charge in [-0.1, -0.05) is 11.6 Å². The highest BCUT2D eigenvalue weighted by Crippen LogP contribution is 2.23. The molecule has 2 heterocycles. The summed E-state index contributed by atoms with van der Waals surface area (Å²) >= 11 is 5.96. The molecule has 3 N–H and O–H groups in total. The van der Waals surface area contributed by atoms with Crippen LogP contribution in [0, 0.1) is 0 Å². The van der Waals surface area contributed by atoms with Crippen molar-refractivity contribution in [1.29, 1.82) is 0 Å². The first-order chi connectivity index (χ1) is 7.66. The zero-order valence-electron chi connectivity index (χ0n) is 9.11. The van der Waals surface area contributed by atoms with Crippen molar-refractivity contribution < 1.29 is 4.74 Å². The Bertz CT molecular complexity index is 368. The summed E-state index contributed by atoms with van der Waals surface area (Å²) in [4.78, 5) is 7.86. The molecule has 2 atom stereocenters. The molecule has 0 bridgehead atoms. The standard InChI is InChI=1S/C10H15ClN4O/c1-6(8-3-2-4-16-8)14-9-7(11)5-13-10(12)15-9/h5-6,8H,2-4H2,1H3,(H3,12,13,14,15). The number of anilines is 2. The molecule has 1 fully saturated rings. The molecule has 88 valence electrons. The fourth-order valence-electron chi connectivity index (χ4n) is 1.79. The van der Waals surface area contributed by atoms with Crippen molar-refractivity contribution >= 4 is 23.4 Å². The van der Waals surface area contributed by atoms with E-state index in [4.69, 9.17) is 22.1 Å². The van der Waals surface area contributed by atoms with Crippen molar-refractivity contribution in [1.82, 2.24) is 9.97 Å². The Morgan fingerprint density at radius 2 is 2.50 bits per heavy atom. The van der Waals surface area contributed by atoms with Gasteiger partial charge in [0.15, 0.2) is 5.82 Å². The van der Waals surface area contributed by atoms with Gasteiger partial charge < -0.3 is 15.8 Å². The van der Waals surface area contributed by atoms with Gasteiger partial charge in [0, 0.05) is 6.61 Å². The van der Waals surface area contributed by atoms with Crippen molar-refractivity contribution in [2.24, 2.45) is 0 Å². The first-order valence-electron chi connectivity index (χ1n) is 5.33. The molecule has 0 saturated carbocycles. The lowest BCUT2D eigenvalue weighted by molar-refractivity contribution is 0.0995.